The summed E-state index contributed by atoms with van der Waals surface area (Å²) in [7, 11) is -3.91. The lowest BCUT2D eigenvalue weighted by molar-refractivity contribution is -0.384. The number of benzene rings is 1. The number of carbonyl (C=O) groups excluding carboxylic acids is 1. The van der Waals surface area contributed by atoms with Crippen LogP contribution in [-0.4, -0.2) is 32.0 Å². The molecule has 0 bridgehead atoms. The van der Waals surface area contributed by atoms with Crippen molar-refractivity contribution in [3.05, 3.63) is 34.4 Å². The van der Waals surface area contributed by atoms with Crippen molar-refractivity contribution in [3.8, 4) is 0 Å². The quantitative estimate of drug-likeness (QED) is 0.478. The van der Waals surface area contributed by atoms with E-state index >= 15 is 0 Å². The molecule has 0 heterocycles. The fraction of sp³-hybridized carbons (Fsp3) is 0.500. The number of ether oxygens (including phenoxy) is 1. The first-order valence-electron chi connectivity index (χ1n) is 7.32. The maximum absolute atomic E-state index is 12.0. The van der Waals surface area contributed by atoms with Crippen LogP contribution in [0.5, 0.6) is 0 Å². The van der Waals surface area contributed by atoms with Crippen molar-refractivity contribution in [3.63, 3.8) is 0 Å². The molecule has 1 aliphatic carbocycles. The normalized spacial score (nSPS) is 16.0. The summed E-state index contributed by atoms with van der Waals surface area (Å²) in [5.41, 5.74) is -0.208. The Morgan fingerprint density at radius 3 is 2.39 bits per heavy atom. The van der Waals surface area contributed by atoms with E-state index < -0.39 is 27.5 Å². The van der Waals surface area contributed by atoms with Crippen molar-refractivity contribution in [1.82, 2.24) is 4.72 Å². The SMILES string of the molecule is O=C(CNS(=O)(=O)c1ccc([N+](=O)[O-])cc1)OC1CCCCC1. The molecule has 1 fully saturated rings. The standard InChI is InChI=1S/C14H18N2O6S/c17-14(22-12-4-2-1-3-5-12)10-15-23(20,21)13-8-6-11(7-9-13)16(18)19/h6-9,12,15H,1-5,10H2. The van der Waals surface area contributed by atoms with Crippen LogP contribution in [0, 0.1) is 10.1 Å². The highest BCUT2D eigenvalue weighted by atomic mass is 32.2. The van der Waals surface area contributed by atoms with Crippen LogP contribution < -0.4 is 4.72 Å². The molecular formula is C14H18N2O6S. The van der Waals surface area contributed by atoms with Crippen molar-refractivity contribution >= 4 is 21.7 Å². The second-order valence-electron chi connectivity index (χ2n) is 5.33. The Labute approximate surface area is 134 Å². The smallest absolute Gasteiger partial charge is 0.321 e. The summed E-state index contributed by atoms with van der Waals surface area (Å²) in [5.74, 6) is -0.623. The van der Waals surface area contributed by atoms with Gasteiger partial charge in [-0.3, -0.25) is 14.9 Å². The van der Waals surface area contributed by atoms with Crippen LogP contribution in [0.1, 0.15) is 32.1 Å². The number of non-ortho nitro benzene ring substituents is 1. The highest BCUT2D eigenvalue weighted by molar-refractivity contribution is 7.89. The molecule has 9 heteroatoms. The Hall–Kier alpha value is -2.00. The Balaban J connectivity index is 1.90. The monoisotopic (exact) mass is 342 g/mol. The highest BCUT2D eigenvalue weighted by Gasteiger charge is 2.20. The maximum Gasteiger partial charge on any atom is 0.321 e. The van der Waals surface area contributed by atoms with Gasteiger partial charge < -0.3 is 4.74 Å². The summed E-state index contributed by atoms with van der Waals surface area (Å²) < 4.78 is 31.4. The van der Waals surface area contributed by atoms with Crippen LogP contribution in [0.2, 0.25) is 0 Å². The molecule has 0 aliphatic heterocycles. The minimum atomic E-state index is -3.91. The summed E-state index contributed by atoms with van der Waals surface area (Å²) >= 11 is 0. The van der Waals surface area contributed by atoms with Gasteiger partial charge in [0.1, 0.15) is 12.6 Å². The van der Waals surface area contributed by atoms with Crippen molar-refractivity contribution < 1.29 is 22.9 Å². The van der Waals surface area contributed by atoms with Gasteiger partial charge in [0.2, 0.25) is 10.0 Å². The molecule has 1 aromatic carbocycles. The number of carbonyl (C=O) groups is 1. The average molecular weight is 342 g/mol. The Kier molecular flexibility index (Phi) is 5.67. The Bertz CT molecular complexity index is 665. The van der Waals surface area contributed by atoms with E-state index in [1.165, 1.54) is 0 Å². The molecule has 1 N–H and O–H groups in total. The summed E-state index contributed by atoms with van der Waals surface area (Å²) in [4.78, 5) is 21.5. The molecule has 2 rings (SSSR count). The Morgan fingerprint density at radius 1 is 1.22 bits per heavy atom. The molecule has 0 radical (unpaired) electrons. The zero-order chi connectivity index (χ0) is 16.9. The van der Waals surface area contributed by atoms with Gasteiger partial charge in [0.25, 0.3) is 5.69 Å². The van der Waals surface area contributed by atoms with Gasteiger partial charge in [-0.1, -0.05) is 6.42 Å². The third-order valence-corrected chi connectivity index (χ3v) is 5.03. The molecule has 1 aliphatic rings. The summed E-state index contributed by atoms with van der Waals surface area (Å²) in [6.07, 6.45) is 4.61. The number of hydrogen-bond donors (Lipinski definition) is 1. The van der Waals surface area contributed by atoms with E-state index in [0.717, 1.165) is 56.4 Å². The average Bonchev–Trinajstić information content (AvgIpc) is 2.54. The van der Waals surface area contributed by atoms with Crippen molar-refractivity contribution in [1.29, 1.82) is 0 Å². The van der Waals surface area contributed by atoms with Crippen molar-refractivity contribution in [2.24, 2.45) is 0 Å². The third kappa shape index (κ3) is 5.00. The Morgan fingerprint density at radius 2 is 1.83 bits per heavy atom. The van der Waals surface area contributed by atoms with E-state index in [1.807, 2.05) is 0 Å². The van der Waals surface area contributed by atoms with Crippen LogP contribution in [0.25, 0.3) is 0 Å². The van der Waals surface area contributed by atoms with Crippen molar-refractivity contribution in [2.75, 3.05) is 6.54 Å². The lowest BCUT2D eigenvalue weighted by atomic mass is 9.98. The van der Waals surface area contributed by atoms with E-state index in [-0.39, 0.29) is 16.7 Å². The number of nitro groups is 1. The van der Waals surface area contributed by atoms with Gasteiger partial charge in [0.05, 0.1) is 9.82 Å². The van der Waals surface area contributed by atoms with E-state index in [1.54, 1.807) is 0 Å². The van der Waals surface area contributed by atoms with Crippen molar-refractivity contribution in [2.45, 2.75) is 43.1 Å². The summed E-state index contributed by atoms with van der Waals surface area (Å²) in [6.45, 7) is -0.462. The second-order valence-corrected chi connectivity index (χ2v) is 7.09. The van der Waals surface area contributed by atoms with Crippen LogP contribution in [0.15, 0.2) is 29.2 Å². The van der Waals surface area contributed by atoms with Crippen LogP contribution in [-0.2, 0) is 19.6 Å². The molecule has 8 nitrogen and oxygen atoms in total. The fourth-order valence-electron chi connectivity index (χ4n) is 2.39. The summed E-state index contributed by atoms with van der Waals surface area (Å²) in [5, 5.41) is 10.5. The topological polar surface area (TPSA) is 116 Å². The van der Waals surface area contributed by atoms with Gasteiger partial charge in [-0.2, -0.15) is 4.72 Å². The largest absolute Gasteiger partial charge is 0.461 e. The van der Waals surface area contributed by atoms with Gasteiger partial charge in [-0.15, -0.1) is 0 Å². The fourth-order valence-corrected chi connectivity index (χ4v) is 3.36. The number of esters is 1. The van der Waals surface area contributed by atoms with Crippen LogP contribution in [0.4, 0.5) is 5.69 Å². The minimum absolute atomic E-state index is 0.139. The van der Waals surface area contributed by atoms with Gasteiger partial charge in [-0.25, -0.2) is 8.42 Å². The zero-order valence-corrected chi connectivity index (χ0v) is 13.3. The zero-order valence-electron chi connectivity index (χ0n) is 12.4. The van der Waals surface area contributed by atoms with E-state index in [9.17, 15) is 23.3 Å². The van der Waals surface area contributed by atoms with Gasteiger partial charge in [0, 0.05) is 12.1 Å². The predicted octanol–water partition coefficient (Wildman–Crippen LogP) is 1.75. The summed E-state index contributed by atoms with van der Waals surface area (Å²) in [6, 6.07) is 4.42. The van der Waals surface area contributed by atoms with E-state index in [2.05, 4.69) is 4.72 Å². The first kappa shape index (κ1) is 17.4. The molecule has 1 aromatic rings. The van der Waals surface area contributed by atoms with Gasteiger partial charge in [-0.05, 0) is 37.8 Å². The predicted molar refractivity (Wildman–Crippen MR) is 81.2 cm³/mol. The number of nitro benzene ring substituents is 1. The molecule has 0 amide bonds. The number of hydrogen-bond acceptors (Lipinski definition) is 6. The van der Waals surface area contributed by atoms with Gasteiger partial charge >= 0.3 is 5.97 Å². The number of nitrogens with one attached hydrogen (secondary N) is 1. The molecule has 0 aromatic heterocycles. The number of rotatable bonds is 6. The molecule has 23 heavy (non-hydrogen) atoms. The first-order valence-corrected chi connectivity index (χ1v) is 8.80. The second kappa shape index (κ2) is 7.51. The van der Waals surface area contributed by atoms with E-state index in [0.29, 0.717) is 0 Å². The molecule has 0 unspecified atom stereocenters. The highest BCUT2D eigenvalue weighted by Crippen LogP contribution is 2.20. The van der Waals surface area contributed by atoms with Crippen LogP contribution >= 0.6 is 0 Å². The van der Waals surface area contributed by atoms with Crippen LogP contribution in [0.3, 0.4) is 0 Å². The molecule has 126 valence electrons. The number of nitrogens with zero attached hydrogens (tertiary/aromatic N) is 1. The minimum Gasteiger partial charge on any atom is -0.461 e. The molecular weight excluding hydrogens is 324 g/mol. The molecule has 0 saturated heterocycles. The third-order valence-electron chi connectivity index (χ3n) is 3.61. The first-order chi connectivity index (χ1) is 10.9. The molecule has 1 saturated carbocycles. The number of sulfonamides is 1. The molecule has 0 spiro atoms. The lowest BCUT2D eigenvalue weighted by Crippen LogP contribution is -2.33. The maximum atomic E-state index is 12.0. The van der Waals surface area contributed by atoms with E-state index in [4.69, 9.17) is 4.74 Å². The molecule has 0 atom stereocenters. The lowest BCUT2D eigenvalue weighted by Gasteiger charge is -2.21. The van der Waals surface area contributed by atoms with Gasteiger partial charge in [0.15, 0.2) is 0 Å².